The lowest BCUT2D eigenvalue weighted by atomic mass is 10.1. The van der Waals surface area contributed by atoms with Gasteiger partial charge in [-0.25, -0.2) is 0 Å². The van der Waals surface area contributed by atoms with Gasteiger partial charge >= 0.3 is 0 Å². The molecule has 1 heterocycles. The zero-order chi connectivity index (χ0) is 15.2. The number of hydrogen-bond donors (Lipinski definition) is 1. The third-order valence-corrected chi connectivity index (χ3v) is 4.00. The minimum Gasteiger partial charge on any atom is -0.368 e. The summed E-state index contributed by atoms with van der Waals surface area (Å²) in [6, 6.07) is 10.9. The van der Waals surface area contributed by atoms with Crippen molar-refractivity contribution in [2.75, 3.05) is 11.9 Å². The number of nitrogens with zero attached hydrogens (tertiary/aromatic N) is 3. The van der Waals surface area contributed by atoms with Gasteiger partial charge in [-0.15, -0.1) is 0 Å². The van der Waals surface area contributed by atoms with Crippen molar-refractivity contribution < 1.29 is 0 Å². The van der Waals surface area contributed by atoms with E-state index in [1.54, 1.807) is 0 Å². The van der Waals surface area contributed by atoms with Gasteiger partial charge in [-0.3, -0.25) is 4.68 Å². The Morgan fingerprint density at radius 3 is 2.57 bits per heavy atom. The predicted molar refractivity (Wildman–Crippen MR) is 88.3 cm³/mol. The quantitative estimate of drug-likeness (QED) is 0.849. The molecule has 114 valence electrons. The van der Waals surface area contributed by atoms with E-state index < -0.39 is 0 Å². The molecule has 1 aromatic carbocycles. The van der Waals surface area contributed by atoms with Crippen LogP contribution in [0.3, 0.4) is 0 Å². The molecule has 0 fully saturated rings. The normalized spacial score (nSPS) is 11.1. The average molecular weight is 286 g/mol. The van der Waals surface area contributed by atoms with Gasteiger partial charge in [-0.2, -0.15) is 5.10 Å². The molecule has 0 unspecified atom stereocenters. The highest BCUT2D eigenvalue weighted by Crippen LogP contribution is 2.21. The molecule has 0 atom stereocenters. The van der Waals surface area contributed by atoms with E-state index in [-0.39, 0.29) is 0 Å². The van der Waals surface area contributed by atoms with Crippen LogP contribution in [0.15, 0.2) is 36.5 Å². The summed E-state index contributed by atoms with van der Waals surface area (Å²) < 4.78 is 2.10. The Kier molecular flexibility index (Phi) is 5.39. The van der Waals surface area contributed by atoms with Crippen LogP contribution in [0, 0.1) is 0 Å². The molecule has 0 saturated carbocycles. The zero-order valence-corrected chi connectivity index (χ0v) is 13.3. The Morgan fingerprint density at radius 2 is 1.90 bits per heavy atom. The van der Waals surface area contributed by atoms with Gasteiger partial charge in [0, 0.05) is 25.5 Å². The molecular formula is C17H26N4. The summed E-state index contributed by atoms with van der Waals surface area (Å²) in [5.41, 5.74) is 9.25. The smallest absolute Gasteiger partial charge is 0.0817 e. The van der Waals surface area contributed by atoms with E-state index in [9.17, 15) is 0 Å². The molecule has 0 aliphatic heterocycles. The van der Waals surface area contributed by atoms with Crippen molar-refractivity contribution in [3.8, 4) is 0 Å². The third-order valence-electron chi connectivity index (χ3n) is 4.00. The molecule has 0 amide bonds. The molecule has 0 spiro atoms. The number of hydrogen-bond acceptors (Lipinski definition) is 3. The number of para-hydroxylation sites is 1. The van der Waals surface area contributed by atoms with E-state index in [0.717, 1.165) is 25.1 Å². The van der Waals surface area contributed by atoms with Crippen molar-refractivity contribution in [2.24, 2.45) is 5.73 Å². The molecule has 21 heavy (non-hydrogen) atoms. The number of anilines is 1. The Labute approximate surface area is 127 Å². The van der Waals surface area contributed by atoms with Gasteiger partial charge in [0.15, 0.2) is 0 Å². The Hall–Kier alpha value is -1.81. The second-order valence-corrected chi connectivity index (χ2v) is 5.45. The third kappa shape index (κ3) is 3.64. The summed E-state index contributed by atoms with van der Waals surface area (Å²) in [5.74, 6) is 0. The summed E-state index contributed by atoms with van der Waals surface area (Å²) in [6.07, 6.45) is 4.32. The summed E-state index contributed by atoms with van der Waals surface area (Å²) in [7, 11) is 2.09. The van der Waals surface area contributed by atoms with Crippen LogP contribution in [0.5, 0.6) is 0 Å². The first-order chi connectivity index (χ1) is 10.2. The maximum absolute atomic E-state index is 5.82. The van der Waals surface area contributed by atoms with Crippen LogP contribution in [-0.2, 0) is 13.1 Å². The first-order valence-electron chi connectivity index (χ1n) is 7.72. The maximum Gasteiger partial charge on any atom is 0.0817 e. The van der Waals surface area contributed by atoms with Crippen LogP contribution >= 0.6 is 0 Å². The first-order valence-corrected chi connectivity index (χ1v) is 7.72. The molecule has 0 radical (unpaired) electrons. The molecule has 2 rings (SSSR count). The Morgan fingerprint density at radius 1 is 1.19 bits per heavy atom. The van der Waals surface area contributed by atoms with Crippen LogP contribution in [0.4, 0.5) is 5.69 Å². The second kappa shape index (κ2) is 7.27. The molecule has 0 saturated heterocycles. The molecule has 0 aliphatic rings. The molecule has 0 bridgehead atoms. The monoisotopic (exact) mass is 286 g/mol. The Bertz CT molecular complexity index is 557. The fourth-order valence-corrected chi connectivity index (χ4v) is 2.71. The Balaban J connectivity index is 2.11. The summed E-state index contributed by atoms with van der Waals surface area (Å²) >= 11 is 0. The van der Waals surface area contributed by atoms with Crippen LogP contribution in [0.1, 0.15) is 44.0 Å². The number of aromatic nitrogens is 2. The molecule has 4 heteroatoms. The molecule has 2 aromatic rings. The van der Waals surface area contributed by atoms with Gasteiger partial charge in [0.05, 0.1) is 18.3 Å². The van der Waals surface area contributed by atoms with E-state index in [0.29, 0.717) is 12.6 Å². The predicted octanol–water partition coefficient (Wildman–Crippen LogP) is 3.34. The van der Waals surface area contributed by atoms with E-state index in [1.165, 1.54) is 11.3 Å². The van der Waals surface area contributed by atoms with Gasteiger partial charge in [0.25, 0.3) is 0 Å². The van der Waals surface area contributed by atoms with Crippen molar-refractivity contribution in [3.05, 3.63) is 47.8 Å². The SMILES string of the molecule is CCC(CC)n1ccc(CN(C)c2ccccc2CN)n1. The van der Waals surface area contributed by atoms with Gasteiger partial charge in [0.2, 0.25) is 0 Å². The number of nitrogens with two attached hydrogens (primary N) is 1. The van der Waals surface area contributed by atoms with Gasteiger partial charge in [0.1, 0.15) is 0 Å². The minimum absolute atomic E-state index is 0.500. The van der Waals surface area contributed by atoms with E-state index in [4.69, 9.17) is 10.8 Å². The second-order valence-electron chi connectivity index (χ2n) is 5.45. The van der Waals surface area contributed by atoms with Crippen molar-refractivity contribution in [1.82, 2.24) is 9.78 Å². The molecule has 1 aromatic heterocycles. The maximum atomic E-state index is 5.82. The molecule has 0 aliphatic carbocycles. The van der Waals surface area contributed by atoms with Crippen molar-refractivity contribution in [3.63, 3.8) is 0 Å². The van der Waals surface area contributed by atoms with Crippen LogP contribution in [0.25, 0.3) is 0 Å². The molecule has 2 N–H and O–H groups in total. The zero-order valence-electron chi connectivity index (χ0n) is 13.3. The van der Waals surface area contributed by atoms with Crippen LogP contribution < -0.4 is 10.6 Å². The van der Waals surface area contributed by atoms with Gasteiger partial charge < -0.3 is 10.6 Å². The van der Waals surface area contributed by atoms with E-state index >= 15 is 0 Å². The number of benzene rings is 1. The van der Waals surface area contributed by atoms with Crippen LogP contribution in [0.2, 0.25) is 0 Å². The standard InChI is InChI=1S/C17H26N4/c1-4-16(5-2)21-11-10-15(19-21)13-20(3)17-9-7-6-8-14(17)12-18/h6-11,16H,4-5,12-13,18H2,1-3H3. The van der Waals surface area contributed by atoms with Gasteiger partial charge in [-0.05, 0) is 30.5 Å². The first kappa shape index (κ1) is 15.6. The van der Waals surface area contributed by atoms with E-state index in [2.05, 4.69) is 54.9 Å². The topological polar surface area (TPSA) is 47.1 Å². The highest BCUT2D eigenvalue weighted by Gasteiger charge is 2.11. The lowest BCUT2D eigenvalue weighted by Gasteiger charge is -2.21. The molecule has 4 nitrogen and oxygen atoms in total. The fourth-order valence-electron chi connectivity index (χ4n) is 2.71. The lowest BCUT2D eigenvalue weighted by Crippen LogP contribution is -2.19. The fraction of sp³-hybridized carbons (Fsp3) is 0.471. The van der Waals surface area contributed by atoms with Crippen molar-refractivity contribution >= 4 is 5.69 Å². The lowest BCUT2D eigenvalue weighted by molar-refractivity contribution is 0.425. The van der Waals surface area contributed by atoms with Crippen LogP contribution in [-0.4, -0.2) is 16.8 Å². The summed E-state index contributed by atoms with van der Waals surface area (Å²) in [5, 5.41) is 4.72. The van der Waals surface area contributed by atoms with Crippen molar-refractivity contribution in [2.45, 2.75) is 45.8 Å². The summed E-state index contributed by atoms with van der Waals surface area (Å²) in [4.78, 5) is 2.21. The largest absolute Gasteiger partial charge is 0.368 e. The van der Waals surface area contributed by atoms with Gasteiger partial charge in [-0.1, -0.05) is 32.0 Å². The average Bonchev–Trinajstić information content (AvgIpc) is 2.96. The van der Waals surface area contributed by atoms with E-state index in [1.807, 2.05) is 12.1 Å². The summed E-state index contributed by atoms with van der Waals surface area (Å²) in [6.45, 7) is 5.77. The number of rotatable bonds is 7. The molecular weight excluding hydrogens is 260 g/mol. The highest BCUT2D eigenvalue weighted by atomic mass is 15.3. The minimum atomic E-state index is 0.500. The highest BCUT2D eigenvalue weighted by molar-refractivity contribution is 5.53. The van der Waals surface area contributed by atoms with Crippen molar-refractivity contribution in [1.29, 1.82) is 0 Å².